The summed E-state index contributed by atoms with van der Waals surface area (Å²) >= 11 is 5.31. The molecule has 0 aliphatic carbocycles. The number of anilines is 2. The second kappa shape index (κ2) is 7.31. The molecule has 0 aromatic heterocycles. The first-order valence-electron chi connectivity index (χ1n) is 7.82. The van der Waals surface area contributed by atoms with Gasteiger partial charge in [-0.05, 0) is 49.3 Å². The molecule has 2 aromatic rings. The van der Waals surface area contributed by atoms with Crippen LogP contribution in [0.1, 0.15) is 12.5 Å². The lowest BCUT2D eigenvalue weighted by molar-refractivity contribution is -0.122. The molecule has 1 amide bonds. The normalized spacial score (nSPS) is 15.7. The Morgan fingerprint density at radius 3 is 2.83 bits per heavy atom. The monoisotopic (exact) mass is 341 g/mol. The Morgan fingerprint density at radius 1 is 1.25 bits per heavy atom. The van der Waals surface area contributed by atoms with Crippen LogP contribution >= 0.6 is 12.2 Å². The number of hydrogen-bond donors (Lipinski definition) is 3. The van der Waals surface area contributed by atoms with E-state index in [1.807, 2.05) is 36.4 Å². The number of hydrogen-bond acceptors (Lipinski definition) is 3. The molecule has 0 radical (unpaired) electrons. The molecular weight excluding hydrogens is 322 g/mol. The van der Waals surface area contributed by atoms with Crippen molar-refractivity contribution in [3.8, 4) is 5.75 Å². The van der Waals surface area contributed by atoms with Crippen molar-refractivity contribution in [2.45, 2.75) is 19.4 Å². The van der Waals surface area contributed by atoms with Crippen LogP contribution in [-0.2, 0) is 11.2 Å². The molecule has 0 bridgehead atoms. The predicted molar refractivity (Wildman–Crippen MR) is 99.5 cm³/mol. The van der Waals surface area contributed by atoms with Gasteiger partial charge in [-0.25, -0.2) is 0 Å². The summed E-state index contributed by atoms with van der Waals surface area (Å²) in [5, 5.41) is 9.66. The molecule has 24 heavy (non-hydrogen) atoms. The molecule has 3 N–H and O–H groups in total. The van der Waals surface area contributed by atoms with Crippen molar-refractivity contribution in [3.63, 3.8) is 0 Å². The van der Waals surface area contributed by atoms with Gasteiger partial charge in [-0.3, -0.25) is 4.79 Å². The Balaban J connectivity index is 1.53. The molecule has 0 unspecified atom stereocenters. The number of fused-ring (bicyclic) bond motifs is 1. The molecule has 1 heterocycles. The van der Waals surface area contributed by atoms with E-state index in [9.17, 15) is 4.79 Å². The number of nitrogens with one attached hydrogen (secondary N) is 3. The summed E-state index contributed by atoms with van der Waals surface area (Å²) in [5.74, 6) is 0.513. The Morgan fingerprint density at radius 2 is 2.04 bits per heavy atom. The van der Waals surface area contributed by atoms with Crippen LogP contribution in [-0.4, -0.2) is 23.7 Å². The van der Waals surface area contributed by atoms with E-state index in [1.165, 1.54) is 5.56 Å². The Labute approximate surface area is 146 Å². The predicted octanol–water partition coefficient (Wildman–Crippen LogP) is 2.94. The zero-order valence-electron chi connectivity index (χ0n) is 13.3. The highest BCUT2D eigenvalue weighted by atomic mass is 32.1. The fourth-order valence-corrected chi connectivity index (χ4v) is 2.65. The maximum atomic E-state index is 11.7. The number of thiocarbonyl (C=S) groups is 1. The smallest absolute Gasteiger partial charge is 0.265 e. The fraction of sp³-hybridized carbons (Fsp3) is 0.222. The molecule has 1 aliphatic rings. The second-order valence-electron chi connectivity index (χ2n) is 5.58. The zero-order chi connectivity index (χ0) is 16.9. The van der Waals surface area contributed by atoms with Gasteiger partial charge in [0, 0.05) is 12.2 Å². The van der Waals surface area contributed by atoms with E-state index in [0.717, 1.165) is 18.7 Å². The number of amides is 1. The van der Waals surface area contributed by atoms with Crippen LogP contribution in [0.25, 0.3) is 0 Å². The highest BCUT2D eigenvalue weighted by Gasteiger charge is 2.23. The van der Waals surface area contributed by atoms with Gasteiger partial charge in [0.15, 0.2) is 11.2 Å². The van der Waals surface area contributed by atoms with Gasteiger partial charge in [0.25, 0.3) is 5.91 Å². The van der Waals surface area contributed by atoms with Crippen molar-refractivity contribution in [2.75, 3.05) is 17.2 Å². The fourth-order valence-electron chi connectivity index (χ4n) is 2.43. The van der Waals surface area contributed by atoms with Crippen molar-refractivity contribution >= 4 is 34.6 Å². The van der Waals surface area contributed by atoms with Crippen LogP contribution in [0.2, 0.25) is 0 Å². The molecule has 3 rings (SSSR count). The minimum atomic E-state index is -0.475. The van der Waals surface area contributed by atoms with E-state index in [1.54, 1.807) is 6.92 Å². The first-order valence-corrected chi connectivity index (χ1v) is 8.23. The number of ether oxygens (including phenoxy) is 1. The van der Waals surface area contributed by atoms with Crippen molar-refractivity contribution in [1.82, 2.24) is 5.32 Å². The molecule has 2 aromatic carbocycles. The lowest BCUT2D eigenvalue weighted by Gasteiger charge is -2.23. The van der Waals surface area contributed by atoms with E-state index in [-0.39, 0.29) is 5.91 Å². The summed E-state index contributed by atoms with van der Waals surface area (Å²) in [4.78, 5) is 11.7. The van der Waals surface area contributed by atoms with Crippen LogP contribution < -0.4 is 20.7 Å². The third-order valence-corrected chi connectivity index (χ3v) is 3.96. The molecule has 0 spiro atoms. The standard InChI is InChI=1S/C18H19N3O2S/c1-12-17(22)21-15-11-14(7-8-16(15)23-12)20-18(24)19-10-9-13-5-3-2-4-6-13/h2-8,11-12H,9-10H2,1H3,(H,21,22)(H2,19,20,24)/t12-/m0/s1. The van der Waals surface area contributed by atoms with E-state index in [4.69, 9.17) is 17.0 Å². The summed E-state index contributed by atoms with van der Waals surface area (Å²) in [6, 6.07) is 15.7. The van der Waals surface area contributed by atoms with E-state index < -0.39 is 6.10 Å². The number of benzene rings is 2. The number of rotatable bonds is 4. The number of carbonyl (C=O) groups is 1. The topological polar surface area (TPSA) is 62.4 Å². The van der Waals surface area contributed by atoms with Crippen molar-refractivity contribution in [2.24, 2.45) is 0 Å². The zero-order valence-corrected chi connectivity index (χ0v) is 14.2. The summed E-state index contributed by atoms with van der Waals surface area (Å²) in [5.41, 5.74) is 2.70. The summed E-state index contributed by atoms with van der Waals surface area (Å²) in [6.45, 7) is 2.47. The third-order valence-electron chi connectivity index (χ3n) is 3.71. The maximum Gasteiger partial charge on any atom is 0.265 e. The summed E-state index contributed by atoms with van der Waals surface area (Å²) in [6.07, 6.45) is 0.422. The van der Waals surface area contributed by atoms with E-state index >= 15 is 0 Å². The highest BCUT2D eigenvalue weighted by molar-refractivity contribution is 7.80. The molecule has 0 saturated heterocycles. The third kappa shape index (κ3) is 4.02. The Kier molecular flexibility index (Phi) is 4.96. The van der Waals surface area contributed by atoms with Crippen molar-refractivity contribution in [3.05, 3.63) is 54.1 Å². The molecular formula is C18H19N3O2S. The van der Waals surface area contributed by atoms with Crippen LogP contribution in [0.4, 0.5) is 11.4 Å². The van der Waals surface area contributed by atoms with Gasteiger partial charge >= 0.3 is 0 Å². The van der Waals surface area contributed by atoms with Crippen LogP contribution in [0.5, 0.6) is 5.75 Å². The van der Waals surface area contributed by atoms with Gasteiger partial charge in [0.05, 0.1) is 5.69 Å². The van der Waals surface area contributed by atoms with Gasteiger partial charge in [-0.2, -0.15) is 0 Å². The van der Waals surface area contributed by atoms with Gasteiger partial charge in [-0.15, -0.1) is 0 Å². The van der Waals surface area contributed by atoms with Gasteiger partial charge < -0.3 is 20.7 Å². The average molecular weight is 341 g/mol. The molecule has 0 fully saturated rings. The van der Waals surface area contributed by atoms with E-state index in [2.05, 4.69) is 28.1 Å². The minimum absolute atomic E-state index is 0.150. The molecule has 124 valence electrons. The summed E-state index contributed by atoms with van der Waals surface area (Å²) < 4.78 is 5.53. The average Bonchev–Trinajstić information content (AvgIpc) is 2.57. The Bertz CT molecular complexity index is 749. The SMILES string of the molecule is C[C@@H]1Oc2ccc(NC(=S)NCCc3ccccc3)cc2NC1=O. The van der Waals surface area contributed by atoms with Crippen molar-refractivity contribution < 1.29 is 9.53 Å². The van der Waals surface area contributed by atoms with Crippen molar-refractivity contribution in [1.29, 1.82) is 0 Å². The molecule has 0 saturated carbocycles. The molecule has 1 atom stereocenters. The van der Waals surface area contributed by atoms with Gasteiger partial charge in [0.2, 0.25) is 0 Å². The minimum Gasteiger partial charge on any atom is -0.479 e. The van der Waals surface area contributed by atoms with Gasteiger partial charge in [0.1, 0.15) is 5.75 Å². The first kappa shape index (κ1) is 16.3. The molecule has 6 heteroatoms. The molecule has 1 aliphatic heterocycles. The quantitative estimate of drug-likeness (QED) is 0.747. The van der Waals surface area contributed by atoms with Crippen LogP contribution in [0.3, 0.4) is 0 Å². The van der Waals surface area contributed by atoms with E-state index in [0.29, 0.717) is 16.5 Å². The lowest BCUT2D eigenvalue weighted by atomic mass is 10.1. The Hall–Kier alpha value is -2.60. The maximum absolute atomic E-state index is 11.7. The second-order valence-corrected chi connectivity index (χ2v) is 5.99. The number of carbonyl (C=O) groups excluding carboxylic acids is 1. The largest absolute Gasteiger partial charge is 0.479 e. The first-order chi connectivity index (χ1) is 11.6. The molecule has 5 nitrogen and oxygen atoms in total. The van der Waals surface area contributed by atoms with Gasteiger partial charge in [-0.1, -0.05) is 30.3 Å². The summed E-state index contributed by atoms with van der Waals surface area (Å²) in [7, 11) is 0. The van der Waals surface area contributed by atoms with Crippen LogP contribution in [0.15, 0.2) is 48.5 Å². The van der Waals surface area contributed by atoms with Crippen LogP contribution in [0, 0.1) is 0 Å². The highest BCUT2D eigenvalue weighted by Crippen LogP contribution is 2.32. The lowest BCUT2D eigenvalue weighted by Crippen LogP contribution is -2.34.